The van der Waals surface area contributed by atoms with Gasteiger partial charge in [0.05, 0.1) is 0 Å². The first-order valence-electron chi connectivity index (χ1n) is 10.5. The summed E-state index contributed by atoms with van der Waals surface area (Å²) in [6.07, 6.45) is 6.48. The fourth-order valence-electron chi connectivity index (χ4n) is 4.08. The van der Waals surface area contributed by atoms with Crippen molar-refractivity contribution >= 4 is 29.6 Å². The maximum atomic E-state index is 7.40. The van der Waals surface area contributed by atoms with E-state index < -0.39 is 8.11 Å². The minimum Gasteiger partial charge on any atom is -0.159 e. The molecule has 2 rings (SSSR count). The third-order valence-electron chi connectivity index (χ3n) is 5.67. The monoisotopic (exact) mass is 386 g/mol. The number of aryl methyl sites for hydroxylation is 6. The van der Waals surface area contributed by atoms with Gasteiger partial charge in [-0.25, -0.2) is 0 Å². The smallest absolute Gasteiger partial charge is 0.159 e. The lowest BCUT2D eigenvalue weighted by Crippen LogP contribution is -2.45. The van der Waals surface area contributed by atoms with E-state index in [-0.39, 0.29) is 0 Å². The van der Waals surface area contributed by atoms with Crippen molar-refractivity contribution in [1.82, 2.24) is 0 Å². The number of hydrogen-bond donors (Lipinski definition) is 0. The van der Waals surface area contributed by atoms with Gasteiger partial charge < -0.3 is 0 Å². The summed E-state index contributed by atoms with van der Waals surface area (Å²) in [6, 6.07) is 9.64. The molecule has 2 aromatic rings. The molecule has 0 spiro atoms. The van der Waals surface area contributed by atoms with E-state index in [9.17, 15) is 0 Å². The fourth-order valence-corrected chi connectivity index (χ4v) is 8.50. The van der Waals surface area contributed by atoms with Gasteiger partial charge in [0.25, 0.3) is 0 Å². The summed E-state index contributed by atoms with van der Waals surface area (Å²) in [6.45, 7) is 13.6. The molecule has 0 heterocycles. The Bertz CT molecular complexity index is 634. The van der Waals surface area contributed by atoms with Gasteiger partial charge in [-0.2, -0.15) is 11.1 Å². The highest BCUT2D eigenvalue weighted by atomic mass is 35.6. The van der Waals surface area contributed by atoms with Crippen LogP contribution in [0.2, 0.25) is 0 Å². The Balaban J connectivity index is 2.71. The van der Waals surface area contributed by atoms with Gasteiger partial charge in [0, 0.05) is 0 Å². The summed E-state index contributed by atoms with van der Waals surface area (Å²) in [7, 11) is -1.74. The summed E-state index contributed by atoms with van der Waals surface area (Å²) in [5.74, 6) is 0. The van der Waals surface area contributed by atoms with Gasteiger partial charge in [-0.05, 0) is 82.3 Å². The third kappa shape index (κ3) is 4.26. The quantitative estimate of drug-likeness (QED) is 0.435. The Morgan fingerprint density at radius 1 is 0.538 bits per heavy atom. The summed E-state index contributed by atoms with van der Waals surface area (Å²) < 4.78 is 0. The number of hydrogen-bond acceptors (Lipinski definition) is 0. The van der Waals surface area contributed by atoms with Crippen molar-refractivity contribution < 1.29 is 0 Å². The zero-order valence-electron chi connectivity index (χ0n) is 17.5. The van der Waals surface area contributed by atoms with Crippen LogP contribution in [-0.4, -0.2) is 8.11 Å². The van der Waals surface area contributed by atoms with E-state index in [0.29, 0.717) is 0 Å². The van der Waals surface area contributed by atoms with E-state index in [0.717, 1.165) is 38.5 Å². The summed E-state index contributed by atoms with van der Waals surface area (Å²) in [5, 5.41) is 3.00. The van der Waals surface area contributed by atoms with Gasteiger partial charge in [-0.1, -0.05) is 65.8 Å². The summed E-state index contributed by atoms with van der Waals surface area (Å²) >= 11 is 7.40. The lowest BCUT2D eigenvalue weighted by molar-refractivity contribution is 1.05. The van der Waals surface area contributed by atoms with Gasteiger partial charge in [0.15, 0.2) is 0 Å². The Hall–Kier alpha value is -1.05. The van der Waals surface area contributed by atoms with Crippen molar-refractivity contribution in [3.05, 3.63) is 57.6 Å². The Labute approximate surface area is 167 Å². The standard InChI is InChI=1S/C24H35ClSi/c1-7-17-13-19(9-3)23(20(10-4)14-17)26(25)24-21(11-5)15-18(8-2)16-22(24)12-6/h13-16,26H,7-12H2,1-6H3. The first-order valence-corrected chi connectivity index (χ1v) is 13.4. The van der Waals surface area contributed by atoms with Crippen molar-refractivity contribution in [2.24, 2.45) is 0 Å². The Kier molecular flexibility index (Phi) is 7.98. The molecule has 0 amide bonds. The van der Waals surface area contributed by atoms with Crippen LogP contribution in [0.1, 0.15) is 74.9 Å². The largest absolute Gasteiger partial charge is 0.203 e. The molecule has 26 heavy (non-hydrogen) atoms. The predicted octanol–water partition coefficient (Wildman–Crippen LogP) is 5.14. The van der Waals surface area contributed by atoms with Crippen LogP contribution < -0.4 is 10.4 Å². The number of rotatable bonds is 8. The minimum atomic E-state index is -1.74. The molecule has 0 aromatic heterocycles. The third-order valence-corrected chi connectivity index (χ3v) is 9.48. The van der Waals surface area contributed by atoms with Crippen LogP contribution in [0.15, 0.2) is 24.3 Å². The van der Waals surface area contributed by atoms with Gasteiger partial charge in [-0.3, -0.25) is 0 Å². The highest BCUT2D eigenvalue weighted by Crippen LogP contribution is 2.18. The molecule has 0 bridgehead atoms. The molecule has 2 aromatic carbocycles. The van der Waals surface area contributed by atoms with Crippen molar-refractivity contribution in [2.45, 2.75) is 80.1 Å². The fraction of sp³-hybridized carbons (Fsp3) is 0.500. The second kappa shape index (κ2) is 9.76. The first kappa shape index (κ1) is 21.2. The molecule has 0 saturated heterocycles. The molecule has 0 fully saturated rings. The summed E-state index contributed by atoms with van der Waals surface area (Å²) in [4.78, 5) is 0. The van der Waals surface area contributed by atoms with Crippen molar-refractivity contribution in [3.63, 3.8) is 0 Å². The van der Waals surface area contributed by atoms with E-state index in [1.165, 1.54) is 43.8 Å². The minimum absolute atomic E-state index is 1.07. The molecule has 142 valence electrons. The molecule has 0 N–H and O–H groups in total. The molecular weight excluding hydrogens is 352 g/mol. The molecule has 0 nitrogen and oxygen atoms in total. The van der Waals surface area contributed by atoms with Crippen molar-refractivity contribution in [3.8, 4) is 0 Å². The van der Waals surface area contributed by atoms with Crippen LogP contribution in [0.25, 0.3) is 0 Å². The first-order chi connectivity index (χ1) is 12.5. The lowest BCUT2D eigenvalue weighted by Gasteiger charge is -2.24. The normalized spacial score (nSPS) is 11.4. The topological polar surface area (TPSA) is 0 Å². The van der Waals surface area contributed by atoms with Crippen LogP contribution in [0.3, 0.4) is 0 Å². The highest BCUT2D eigenvalue weighted by Gasteiger charge is 2.25. The molecule has 0 atom stereocenters. The van der Waals surface area contributed by atoms with Crippen molar-refractivity contribution in [2.75, 3.05) is 0 Å². The second-order valence-electron chi connectivity index (χ2n) is 7.14. The molecule has 2 heteroatoms. The average molecular weight is 387 g/mol. The SMILES string of the molecule is CCc1cc(CC)c([SiH](Cl)c2c(CC)cc(CC)cc2CC)c(CC)c1. The van der Waals surface area contributed by atoms with Gasteiger partial charge in [-0.15, -0.1) is 0 Å². The zero-order valence-corrected chi connectivity index (χ0v) is 19.4. The maximum Gasteiger partial charge on any atom is 0.203 e. The maximum absolute atomic E-state index is 7.40. The second-order valence-corrected chi connectivity index (χ2v) is 10.3. The Morgan fingerprint density at radius 2 is 0.808 bits per heavy atom. The number of benzene rings is 2. The van der Waals surface area contributed by atoms with E-state index in [2.05, 4.69) is 65.8 Å². The molecule has 0 aliphatic heterocycles. The molecule has 0 aliphatic carbocycles. The zero-order chi connectivity index (χ0) is 19.3. The Morgan fingerprint density at radius 3 is 1.00 bits per heavy atom. The van der Waals surface area contributed by atoms with Crippen LogP contribution in [0, 0.1) is 0 Å². The van der Waals surface area contributed by atoms with E-state index in [1.54, 1.807) is 0 Å². The summed E-state index contributed by atoms with van der Waals surface area (Å²) in [5.41, 5.74) is 8.84. The lowest BCUT2D eigenvalue weighted by atomic mass is 10.0. The molecule has 0 aliphatic rings. The van der Waals surface area contributed by atoms with Crippen LogP contribution in [0.5, 0.6) is 0 Å². The van der Waals surface area contributed by atoms with Crippen LogP contribution >= 0.6 is 11.1 Å². The van der Waals surface area contributed by atoms with Gasteiger partial charge >= 0.3 is 0 Å². The molecule has 0 radical (unpaired) electrons. The molecular formula is C24H35ClSi. The van der Waals surface area contributed by atoms with Crippen LogP contribution in [0.4, 0.5) is 0 Å². The molecule has 0 unspecified atom stereocenters. The van der Waals surface area contributed by atoms with E-state index >= 15 is 0 Å². The van der Waals surface area contributed by atoms with Crippen molar-refractivity contribution in [1.29, 1.82) is 0 Å². The predicted molar refractivity (Wildman–Crippen MR) is 121 cm³/mol. The average Bonchev–Trinajstić information content (AvgIpc) is 2.70. The highest BCUT2D eigenvalue weighted by molar-refractivity contribution is 7.21. The number of halogens is 1. The van der Waals surface area contributed by atoms with E-state index in [4.69, 9.17) is 11.1 Å². The molecule has 0 saturated carbocycles. The van der Waals surface area contributed by atoms with Gasteiger partial charge in [0.1, 0.15) is 0 Å². The van der Waals surface area contributed by atoms with Gasteiger partial charge in [0.2, 0.25) is 8.11 Å². The van der Waals surface area contributed by atoms with Crippen LogP contribution in [-0.2, 0) is 38.5 Å². The van der Waals surface area contributed by atoms with E-state index in [1.807, 2.05) is 0 Å².